The summed E-state index contributed by atoms with van der Waals surface area (Å²) in [5.41, 5.74) is -0.278. The fourth-order valence-corrected chi connectivity index (χ4v) is 4.72. The summed E-state index contributed by atoms with van der Waals surface area (Å²) in [7, 11) is 1.90. The molecule has 4 rings (SSSR count). The van der Waals surface area contributed by atoms with Gasteiger partial charge in [0.15, 0.2) is 5.16 Å². The van der Waals surface area contributed by atoms with Crippen molar-refractivity contribution in [2.75, 3.05) is 0 Å². The molecular formula is C22H21ClN2O4S. The number of thioether (sulfide) groups is 1. The molecule has 2 heterocycles. The van der Waals surface area contributed by atoms with Crippen molar-refractivity contribution >= 4 is 29.3 Å². The van der Waals surface area contributed by atoms with E-state index in [0.29, 0.717) is 29.4 Å². The van der Waals surface area contributed by atoms with Gasteiger partial charge in [0, 0.05) is 30.5 Å². The van der Waals surface area contributed by atoms with E-state index in [1.54, 1.807) is 18.3 Å². The van der Waals surface area contributed by atoms with E-state index in [9.17, 15) is 9.59 Å². The molecule has 30 heavy (non-hydrogen) atoms. The Morgan fingerprint density at radius 3 is 2.67 bits per heavy atom. The van der Waals surface area contributed by atoms with Gasteiger partial charge in [0.25, 0.3) is 0 Å². The minimum absolute atomic E-state index is 0.0917. The van der Waals surface area contributed by atoms with Gasteiger partial charge in [-0.25, -0.2) is 4.98 Å². The fourth-order valence-electron chi connectivity index (χ4n) is 3.77. The number of aromatic nitrogens is 2. The number of benzene rings is 1. The van der Waals surface area contributed by atoms with Gasteiger partial charge in [0.2, 0.25) is 11.2 Å². The van der Waals surface area contributed by atoms with Crippen molar-refractivity contribution in [3.8, 4) is 5.75 Å². The number of nitrogens with zero attached hydrogens (tertiary/aromatic N) is 2. The van der Waals surface area contributed by atoms with E-state index < -0.39 is 11.4 Å². The topological polar surface area (TPSA) is 74.3 Å². The molecule has 0 N–H and O–H groups in total. The van der Waals surface area contributed by atoms with Gasteiger partial charge in [-0.15, -0.1) is 0 Å². The Hall–Kier alpha value is -2.51. The second-order valence-corrected chi connectivity index (χ2v) is 8.75. The Bertz CT molecular complexity index is 1100. The van der Waals surface area contributed by atoms with Gasteiger partial charge in [-0.05, 0) is 30.5 Å². The van der Waals surface area contributed by atoms with Crippen LogP contribution in [-0.4, -0.2) is 15.5 Å². The zero-order valence-electron chi connectivity index (χ0n) is 16.5. The average molecular weight is 445 g/mol. The molecule has 1 fully saturated rings. The van der Waals surface area contributed by atoms with Crippen LogP contribution in [-0.2, 0) is 23.0 Å². The Labute approximate surface area is 183 Å². The number of hydrogen-bond acceptors (Lipinski definition) is 6. The lowest BCUT2D eigenvalue weighted by Crippen LogP contribution is -2.37. The summed E-state index contributed by atoms with van der Waals surface area (Å²) in [5.74, 6) is 0.417. The summed E-state index contributed by atoms with van der Waals surface area (Å²) in [6.07, 6.45) is 7.99. The molecule has 0 spiro atoms. The van der Waals surface area contributed by atoms with Gasteiger partial charge < -0.3 is 13.7 Å². The van der Waals surface area contributed by atoms with Gasteiger partial charge in [-0.2, -0.15) is 0 Å². The molecule has 1 saturated carbocycles. The molecule has 0 atom stereocenters. The lowest BCUT2D eigenvalue weighted by molar-refractivity contribution is -0.141. The van der Waals surface area contributed by atoms with Crippen molar-refractivity contribution < 1.29 is 13.9 Å². The third-order valence-electron chi connectivity index (χ3n) is 5.42. The van der Waals surface area contributed by atoms with Crippen LogP contribution in [0.3, 0.4) is 0 Å². The van der Waals surface area contributed by atoms with E-state index >= 15 is 0 Å². The second-order valence-electron chi connectivity index (χ2n) is 7.37. The van der Waals surface area contributed by atoms with Crippen molar-refractivity contribution in [2.24, 2.45) is 7.05 Å². The van der Waals surface area contributed by atoms with Crippen LogP contribution < -0.4 is 10.2 Å². The molecule has 0 saturated heterocycles. The van der Waals surface area contributed by atoms with E-state index in [0.717, 1.165) is 23.6 Å². The first-order valence-electron chi connectivity index (χ1n) is 9.68. The van der Waals surface area contributed by atoms with E-state index in [-0.39, 0.29) is 11.2 Å². The zero-order chi connectivity index (χ0) is 21.1. The van der Waals surface area contributed by atoms with Crippen LogP contribution in [0.25, 0.3) is 0 Å². The molecule has 8 heteroatoms. The number of carbonyl (C=O) groups excluding carboxylic acids is 1. The van der Waals surface area contributed by atoms with Crippen LogP contribution >= 0.6 is 23.4 Å². The third-order valence-corrected chi connectivity index (χ3v) is 6.75. The molecule has 1 aliphatic carbocycles. The first-order chi connectivity index (χ1) is 14.5. The molecule has 1 aromatic carbocycles. The number of halogens is 1. The van der Waals surface area contributed by atoms with Crippen molar-refractivity contribution in [3.63, 3.8) is 0 Å². The van der Waals surface area contributed by atoms with E-state index in [2.05, 4.69) is 4.98 Å². The molecule has 2 aromatic heterocycles. The molecule has 3 aromatic rings. The predicted octanol–water partition coefficient (Wildman–Crippen LogP) is 4.74. The van der Waals surface area contributed by atoms with Crippen LogP contribution in [0.15, 0.2) is 63.4 Å². The largest absolute Gasteiger partial charge is 0.464 e. The lowest BCUT2D eigenvalue weighted by atomic mass is 9.79. The van der Waals surface area contributed by atoms with E-state index in [4.69, 9.17) is 20.8 Å². The average Bonchev–Trinajstić information content (AvgIpc) is 3.39. The van der Waals surface area contributed by atoms with Crippen LogP contribution in [0.2, 0.25) is 5.02 Å². The summed E-state index contributed by atoms with van der Waals surface area (Å²) < 4.78 is 13.0. The van der Waals surface area contributed by atoms with Crippen molar-refractivity contribution in [1.29, 1.82) is 0 Å². The highest BCUT2D eigenvalue weighted by Gasteiger charge is 2.44. The summed E-state index contributed by atoms with van der Waals surface area (Å²) in [4.78, 5) is 29.9. The standard InChI is InChI=1S/C22H21ClN2O4S/c1-25-11-10-24-21(25)30-14-17-12-18(26)19(13-28-17)29-20(27)22(8-2-3-9-22)15-4-6-16(23)7-5-15/h4-7,10-13H,2-3,8-9,14H2,1H3. The third kappa shape index (κ3) is 4.18. The smallest absolute Gasteiger partial charge is 0.322 e. The number of rotatable bonds is 6. The monoisotopic (exact) mass is 444 g/mol. The molecule has 0 bridgehead atoms. The second kappa shape index (κ2) is 8.70. The SMILES string of the molecule is Cn1ccnc1SCc1cc(=O)c(OC(=O)C2(c3ccc(Cl)cc3)CCCC2)co1. The Morgan fingerprint density at radius 1 is 1.30 bits per heavy atom. The number of hydrogen-bond donors (Lipinski definition) is 0. The number of carbonyl (C=O) groups is 1. The first-order valence-corrected chi connectivity index (χ1v) is 11.0. The maximum Gasteiger partial charge on any atom is 0.322 e. The van der Waals surface area contributed by atoms with Crippen LogP contribution in [0.4, 0.5) is 0 Å². The van der Waals surface area contributed by atoms with Crippen molar-refractivity contribution in [3.05, 3.63) is 75.6 Å². The number of imidazole rings is 1. The molecule has 0 radical (unpaired) electrons. The summed E-state index contributed by atoms with van der Waals surface area (Å²) in [6, 6.07) is 8.62. The van der Waals surface area contributed by atoms with Crippen molar-refractivity contribution in [2.45, 2.75) is 42.0 Å². The Kier molecular flexibility index (Phi) is 6.01. The Morgan fingerprint density at radius 2 is 2.03 bits per heavy atom. The molecule has 0 amide bonds. The molecule has 6 nitrogen and oxygen atoms in total. The summed E-state index contributed by atoms with van der Waals surface area (Å²) >= 11 is 7.45. The summed E-state index contributed by atoms with van der Waals surface area (Å²) in [6.45, 7) is 0. The van der Waals surface area contributed by atoms with Gasteiger partial charge in [0.1, 0.15) is 12.0 Å². The number of esters is 1. The number of aryl methyl sites for hydroxylation is 1. The van der Waals surface area contributed by atoms with Gasteiger partial charge in [0.05, 0.1) is 11.2 Å². The van der Waals surface area contributed by atoms with Gasteiger partial charge >= 0.3 is 5.97 Å². The first kappa shape index (κ1) is 20.8. The predicted molar refractivity (Wildman–Crippen MR) is 115 cm³/mol. The van der Waals surface area contributed by atoms with E-state index in [1.807, 2.05) is 29.9 Å². The molecular weight excluding hydrogens is 424 g/mol. The molecule has 156 valence electrons. The fraction of sp³-hybridized carbons (Fsp3) is 0.318. The number of ether oxygens (including phenoxy) is 1. The maximum atomic E-state index is 13.1. The lowest BCUT2D eigenvalue weighted by Gasteiger charge is -2.26. The van der Waals surface area contributed by atoms with Crippen LogP contribution in [0.5, 0.6) is 5.75 Å². The van der Waals surface area contributed by atoms with Gasteiger partial charge in [-0.3, -0.25) is 9.59 Å². The highest BCUT2D eigenvalue weighted by molar-refractivity contribution is 7.98. The maximum absolute atomic E-state index is 13.1. The van der Waals surface area contributed by atoms with Crippen LogP contribution in [0, 0.1) is 0 Å². The highest BCUT2D eigenvalue weighted by atomic mass is 35.5. The zero-order valence-corrected chi connectivity index (χ0v) is 18.0. The van der Waals surface area contributed by atoms with Gasteiger partial charge in [-0.1, -0.05) is 48.3 Å². The van der Waals surface area contributed by atoms with Crippen LogP contribution in [0.1, 0.15) is 37.0 Å². The minimum Gasteiger partial charge on any atom is -0.464 e. The summed E-state index contributed by atoms with van der Waals surface area (Å²) in [5, 5.41) is 1.43. The minimum atomic E-state index is -0.760. The normalized spacial score (nSPS) is 15.3. The Balaban J connectivity index is 1.50. The van der Waals surface area contributed by atoms with Crippen molar-refractivity contribution in [1.82, 2.24) is 9.55 Å². The van der Waals surface area contributed by atoms with E-state index in [1.165, 1.54) is 24.1 Å². The highest BCUT2D eigenvalue weighted by Crippen LogP contribution is 2.42. The quantitative estimate of drug-likeness (QED) is 0.404. The molecule has 0 unspecified atom stereocenters. The molecule has 0 aliphatic heterocycles. The molecule has 1 aliphatic rings.